The van der Waals surface area contributed by atoms with Crippen LogP contribution in [0.3, 0.4) is 0 Å². The van der Waals surface area contributed by atoms with E-state index in [0.29, 0.717) is 28.7 Å². The second-order valence-electron chi connectivity index (χ2n) is 4.42. The molecule has 0 bridgehead atoms. The molecule has 2 N–H and O–H groups in total. The van der Waals surface area contributed by atoms with Gasteiger partial charge < -0.3 is 10.5 Å². The smallest absolute Gasteiger partial charge is 0.120 e. The fourth-order valence-electron chi connectivity index (χ4n) is 1.93. The Balaban J connectivity index is 2.06. The van der Waals surface area contributed by atoms with Crippen molar-refractivity contribution in [1.29, 1.82) is 0 Å². The summed E-state index contributed by atoms with van der Waals surface area (Å²) in [6.45, 7) is 2.50. The Morgan fingerprint density at radius 2 is 1.90 bits per heavy atom. The van der Waals surface area contributed by atoms with Crippen molar-refractivity contribution in [1.82, 2.24) is 0 Å². The summed E-state index contributed by atoms with van der Waals surface area (Å²) >= 11 is 0. The van der Waals surface area contributed by atoms with Crippen LogP contribution in [0.5, 0.6) is 5.75 Å². The molecule has 0 spiro atoms. The van der Waals surface area contributed by atoms with Crippen LogP contribution < -0.4 is 10.5 Å². The third kappa shape index (κ3) is 3.84. The average Bonchev–Trinajstić information content (AvgIpc) is 2.48. The molecule has 0 fully saturated rings. The van der Waals surface area contributed by atoms with Crippen molar-refractivity contribution in [2.45, 2.75) is 18.2 Å². The van der Waals surface area contributed by atoms with E-state index >= 15 is 0 Å². The van der Waals surface area contributed by atoms with Gasteiger partial charge in [0.05, 0.1) is 22.3 Å². The summed E-state index contributed by atoms with van der Waals surface area (Å²) in [5.41, 5.74) is 7.64. The summed E-state index contributed by atoms with van der Waals surface area (Å²) in [4.78, 5) is 0.659. The highest BCUT2D eigenvalue weighted by atomic mass is 32.2. The van der Waals surface area contributed by atoms with Crippen LogP contribution in [0.25, 0.3) is 0 Å². The lowest BCUT2D eigenvalue weighted by Gasteiger charge is -2.09. The minimum atomic E-state index is -1.11. The summed E-state index contributed by atoms with van der Waals surface area (Å²) in [7, 11) is -1.11. The van der Waals surface area contributed by atoms with Crippen molar-refractivity contribution in [2.75, 3.05) is 18.1 Å². The van der Waals surface area contributed by atoms with Crippen LogP contribution >= 0.6 is 0 Å². The Morgan fingerprint density at radius 1 is 1.15 bits per heavy atom. The minimum Gasteiger partial charge on any atom is -0.494 e. The molecule has 4 heteroatoms. The van der Waals surface area contributed by atoms with Gasteiger partial charge in [-0.2, -0.15) is 0 Å². The summed E-state index contributed by atoms with van der Waals surface area (Å²) in [6.07, 6.45) is 0.770. The number of ether oxygens (including phenoxy) is 1. The molecule has 0 aliphatic heterocycles. The number of benzene rings is 2. The number of rotatable bonds is 6. The maximum Gasteiger partial charge on any atom is 0.120 e. The number of hydrogen-bond donors (Lipinski definition) is 1. The van der Waals surface area contributed by atoms with E-state index in [-0.39, 0.29) is 0 Å². The Labute approximate surface area is 122 Å². The van der Waals surface area contributed by atoms with Gasteiger partial charge in [0.25, 0.3) is 0 Å². The molecular weight excluding hydrogens is 270 g/mol. The third-order valence-corrected chi connectivity index (χ3v) is 4.38. The predicted molar refractivity (Wildman–Crippen MR) is 83.4 cm³/mol. The molecule has 1 unspecified atom stereocenters. The SMILES string of the molecule is CCOc1ccc(N)c(S(=O)CCc2ccccc2)c1. The fourth-order valence-corrected chi connectivity index (χ4v) is 3.15. The van der Waals surface area contributed by atoms with Crippen LogP contribution in [0.2, 0.25) is 0 Å². The Morgan fingerprint density at radius 3 is 2.60 bits per heavy atom. The molecule has 106 valence electrons. The first-order chi connectivity index (χ1) is 9.70. The highest BCUT2D eigenvalue weighted by molar-refractivity contribution is 7.85. The highest BCUT2D eigenvalue weighted by Crippen LogP contribution is 2.23. The van der Waals surface area contributed by atoms with Crippen LogP contribution in [0.1, 0.15) is 12.5 Å². The summed E-state index contributed by atoms with van der Waals surface area (Å²) in [5.74, 6) is 1.27. The maximum atomic E-state index is 12.4. The van der Waals surface area contributed by atoms with Crippen LogP contribution in [-0.4, -0.2) is 16.6 Å². The first kappa shape index (κ1) is 14.6. The van der Waals surface area contributed by atoms with E-state index < -0.39 is 10.8 Å². The summed E-state index contributed by atoms with van der Waals surface area (Å²) in [6, 6.07) is 15.4. The van der Waals surface area contributed by atoms with Crippen molar-refractivity contribution in [3.63, 3.8) is 0 Å². The molecule has 2 aromatic rings. The Hall–Kier alpha value is -1.81. The highest BCUT2D eigenvalue weighted by Gasteiger charge is 2.10. The van der Waals surface area contributed by atoms with Gasteiger partial charge in [-0.3, -0.25) is 4.21 Å². The number of nitrogen functional groups attached to an aromatic ring is 1. The molecule has 0 radical (unpaired) electrons. The number of anilines is 1. The van der Waals surface area contributed by atoms with Gasteiger partial charge in [-0.05, 0) is 37.1 Å². The lowest BCUT2D eigenvalue weighted by Crippen LogP contribution is -2.05. The summed E-state index contributed by atoms with van der Waals surface area (Å²) in [5, 5.41) is 0. The monoisotopic (exact) mass is 289 g/mol. The van der Waals surface area contributed by atoms with Crippen molar-refractivity contribution >= 4 is 16.5 Å². The molecule has 0 saturated carbocycles. The molecule has 2 rings (SSSR count). The molecule has 0 aliphatic rings. The zero-order valence-corrected chi connectivity index (χ0v) is 12.4. The maximum absolute atomic E-state index is 12.4. The largest absolute Gasteiger partial charge is 0.494 e. The van der Waals surface area contributed by atoms with Gasteiger partial charge in [0.1, 0.15) is 5.75 Å². The average molecular weight is 289 g/mol. The van der Waals surface area contributed by atoms with Gasteiger partial charge in [-0.1, -0.05) is 30.3 Å². The molecule has 3 nitrogen and oxygen atoms in total. The van der Waals surface area contributed by atoms with E-state index in [1.807, 2.05) is 37.3 Å². The normalized spacial score (nSPS) is 12.1. The van der Waals surface area contributed by atoms with Crippen molar-refractivity contribution < 1.29 is 8.95 Å². The quantitative estimate of drug-likeness (QED) is 0.832. The van der Waals surface area contributed by atoms with E-state index in [2.05, 4.69) is 0 Å². The lowest BCUT2D eigenvalue weighted by molar-refractivity contribution is 0.339. The first-order valence-electron chi connectivity index (χ1n) is 6.65. The molecule has 2 aromatic carbocycles. The van der Waals surface area contributed by atoms with Crippen molar-refractivity contribution in [3.8, 4) is 5.75 Å². The third-order valence-electron chi connectivity index (χ3n) is 2.96. The standard InChI is InChI=1S/C16H19NO2S/c1-2-19-14-8-9-15(17)16(12-14)20(18)11-10-13-6-4-3-5-7-13/h3-9,12H,2,10-11,17H2,1H3. The molecular formula is C16H19NO2S. The first-order valence-corrected chi connectivity index (χ1v) is 7.97. The van der Waals surface area contributed by atoms with Gasteiger partial charge in [0.2, 0.25) is 0 Å². The number of aryl methyl sites for hydroxylation is 1. The van der Waals surface area contributed by atoms with E-state index in [1.54, 1.807) is 18.2 Å². The summed E-state index contributed by atoms with van der Waals surface area (Å²) < 4.78 is 17.8. The molecule has 0 saturated heterocycles. The van der Waals surface area contributed by atoms with Gasteiger partial charge in [-0.25, -0.2) is 0 Å². The van der Waals surface area contributed by atoms with Crippen LogP contribution in [0.15, 0.2) is 53.4 Å². The Bertz CT molecular complexity index is 584. The molecule has 20 heavy (non-hydrogen) atoms. The van der Waals surface area contributed by atoms with Gasteiger partial charge >= 0.3 is 0 Å². The number of hydrogen-bond acceptors (Lipinski definition) is 3. The zero-order chi connectivity index (χ0) is 14.4. The molecule has 0 aliphatic carbocycles. The van der Waals surface area contributed by atoms with Crippen LogP contribution in [0, 0.1) is 0 Å². The lowest BCUT2D eigenvalue weighted by atomic mass is 10.2. The van der Waals surface area contributed by atoms with Crippen LogP contribution in [-0.2, 0) is 17.2 Å². The topological polar surface area (TPSA) is 52.3 Å². The van der Waals surface area contributed by atoms with Gasteiger partial charge in [0.15, 0.2) is 0 Å². The number of nitrogens with two attached hydrogens (primary N) is 1. The van der Waals surface area contributed by atoms with Gasteiger partial charge in [-0.15, -0.1) is 0 Å². The van der Waals surface area contributed by atoms with Crippen LogP contribution in [0.4, 0.5) is 5.69 Å². The van der Waals surface area contributed by atoms with E-state index in [1.165, 1.54) is 5.56 Å². The molecule has 0 amide bonds. The van der Waals surface area contributed by atoms with Crippen molar-refractivity contribution in [3.05, 3.63) is 54.1 Å². The van der Waals surface area contributed by atoms with E-state index in [9.17, 15) is 4.21 Å². The van der Waals surface area contributed by atoms with E-state index in [4.69, 9.17) is 10.5 Å². The second-order valence-corrected chi connectivity index (χ2v) is 5.96. The van der Waals surface area contributed by atoms with Crippen molar-refractivity contribution in [2.24, 2.45) is 0 Å². The Kier molecular flexibility index (Phi) is 5.18. The van der Waals surface area contributed by atoms with Gasteiger partial charge in [0, 0.05) is 11.4 Å². The minimum absolute atomic E-state index is 0.555. The fraction of sp³-hybridized carbons (Fsp3) is 0.250. The zero-order valence-electron chi connectivity index (χ0n) is 11.5. The molecule has 0 aromatic heterocycles. The molecule has 1 atom stereocenters. The van der Waals surface area contributed by atoms with E-state index in [0.717, 1.165) is 6.42 Å². The molecule has 0 heterocycles. The second kappa shape index (κ2) is 7.10. The predicted octanol–water partition coefficient (Wildman–Crippen LogP) is 3.02.